The summed E-state index contributed by atoms with van der Waals surface area (Å²) in [4.78, 5) is 14.9. The van der Waals surface area contributed by atoms with E-state index in [1.807, 2.05) is 24.5 Å². The SMILES string of the molecule is CSc1nc2ccc(CNc3ccc(OC(F)(F)F)cc3[N+](=O)[O-])cc2s1. The molecule has 0 aliphatic carbocycles. The number of hydrogen-bond acceptors (Lipinski definition) is 7. The Morgan fingerprint density at radius 3 is 2.74 bits per heavy atom. The van der Waals surface area contributed by atoms with Crippen LogP contribution in [0.1, 0.15) is 5.56 Å². The molecule has 0 aliphatic heterocycles. The van der Waals surface area contributed by atoms with Crippen molar-refractivity contribution in [2.45, 2.75) is 17.2 Å². The molecule has 3 rings (SSSR count). The fourth-order valence-electron chi connectivity index (χ4n) is 2.35. The molecule has 0 saturated carbocycles. The van der Waals surface area contributed by atoms with Gasteiger partial charge in [0.2, 0.25) is 0 Å². The number of hydrogen-bond donors (Lipinski definition) is 1. The van der Waals surface area contributed by atoms with Crippen LogP contribution >= 0.6 is 23.1 Å². The first-order valence-electron chi connectivity index (χ1n) is 7.46. The Labute approximate surface area is 159 Å². The minimum Gasteiger partial charge on any atom is -0.406 e. The van der Waals surface area contributed by atoms with E-state index in [1.165, 1.54) is 6.07 Å². The zero-order chi connectivity index (χ0) is 19.6. The molecule has 0 amide bonds. The summed E-state index contributed by atoms with van der Waals surface area (Å²) in [6.45, 7) is 0.267. The molecular weight excluding hydrogens is 403 g/mol. The standard InChI is InChI=1S/C16H12F3N3O3S2/c1-26-15-21-12-4-2-9(6-14(12)27-15)8-20-11-5-3-10(25-16(17,18)19)7-13(11)22(23)24/h2-7,20H,8H2,1H3. The van der Waals surface area contributed by atoms with Gasteiger partial charge in [-0.2, -0.15) is 0 Å². The highest BCUT2D eigenvalue weighted by Crippen LogP contribution is 2.33. The highest BCUT2D eigenvalue weighted by molar-refractivity contribution is 8.00. The van der Waals surface area contributed by atoms with Crippen LogP contribution in [0.4, 0.5) is 24.5 Å². The lowest BCUT2D eigenvalue weighted by Crippen LogP contribution is -2.17. The summed E-state index contributed by atoms with van der Waals surface area (Å²) in [7, 11) is 0. The summed E-state index contributed by atoms with van der Waals surface area (Å²) in [6.07, 6.45) is -2.98. The largest absolute Gasteiger partial charge is 0.573 e. The lowest BCUT2D eigenvalue weighted by molar-refractivity contribution is -0.384. The number of nitro benzene ring substituents is 1. The van der Waals surface area contributed by atoms with E-state index in [2.05, 4.69) is 15.0 Å². The number of fused-ring (bicyclic) bond motifs is 1. The number of benzene rings is 2. The number of ether oxygens (including phenoxy) is 1. The van der Waals surface area contributed by atoms with E-state index in [0.29, 0.717) is 0 Å². The van der Waals surface area contributed by atoms with Crippen LogP contribution < -0.4 is 10.1 Å². The van der Waals surface area contributed by atoms with E-state index in [0.717, 1.165) is 32.3 Å². The van der Waals surface area contributed by atoms with Crippen LogP contribution in [-0.2, 0) is 6.54 Å². The highest BCUT2D eigenvalue weighted by atomic mass is 32.2. The van der Waals surface area contributed by atoms with E-state index in [1.54, 1.807) is 23.1 Å². The highest BCUT2D eigenvalue weighted by Gasteiger charge is 2.32. The number of aromatic nitrogens is 1. The Bertz CT molecular complexity index is 992. The van der Waals surface area contributed by atoms with Gasteiger partial charge in [0, 0.05) is 6.54 Å². The molecule has 6 nitrogen and oxygen atoms in total. The van der Waals surface area contributed by atoms with Crippen LogP contribution in [0.3, 0.4) is 0 Å². The topological polar surface area (TPSA) is 77.3 Å². The number of alkyl halides is 3. The van der Waals surface area contributed by atoms with Gasteiger partial charge in [-0.15, -0.1) is 24.5 Å². The molecule has 0 spiro atoms. The fourth-order valence-corrected chi connectivity index (χ4v) is 3.90. The van der Waals surface area contributed by atoms with Crippen LogP contribution in [0, 0.1) is 10.1 Å². The van der Waals surface area contributed by atoms with Crippen molar-refractivity contribution in [3.63, 3.8) is 0 Å². The number of halogens is 3. The maximum Gasteiger partial charge on any atom is 0.573 e. The molecule has 0 aliphatic rings. The molecule has 0 radical (unpaired) electrons. The monoisotopic (exact) mass is 415 g/mol. The maximum atomic E-state index is 12.3. The first-order chi connectivity index (χ1) is 12.7. The molecule has 2 aromatic carbocycles. The van der Waals surface area contributed by atoms with Gasteiger partial charge in [0.05, 0.1) is 21.2 Å². The average molecular weight is 415 g/mol. The molecule has 1 aromatic heterocycles. The number of thiazole rings is 1. The summed E-state index contributed by atoms with van der Waals surface area (Å²) in [5.41, 5.74) is 1.33. The van der Waals surface area contributed by atoms with Gasteiger partial charge >= 0.3 is 6.36 Å². The zero-order valence-electron chi connectivity index (χ0n) is 13.7. The second-order valence-electron chi connectivity index (χ2n) is 5.32. The molecule has 0 saturated heterocycles. The fraction of sp³-hybridized carbons (Fsp3) is 0.188. The molecule has 0 fully saturated rings. The minimum absolute atomic E-state index is 0.101. The smallest absolute Gasteiger partial charge is 0.406 e. The molecule has 0 bridgehead atoms. The van der Waals surface area contributed by atoms with Crippen molar-refractivity contribution in [2.75, 3.05) is 11.6 Å². The lowest BCUT2D eigenvalue weighted by Gasteiger charge is -2.11. The first-order valence-corrected chi connectivity index (χ1v) is 9.51. The molecule has 11 heteroatoms. The van der Waals surface area contributed by atoms with Crippen molar-refractivity contribution in [2.24, 2.45) is 0 Å². The molecule has 3 aromatic rings. The van der Waals surface area contributed by atoms with Gasteiger partial charge in [0.1, 0.15) is 11.4 Å². The van der Waals surface area contributed by atoms with Crippen molar-refractivity contribution in [3.05, 3.63) is 52.1 Å². The molecule has 1 N–H and O–H groups in total. The Hall–Kier alpha value is -2.53. The molecule has 142 valence electrons. The van der Waals surface area contributed by atoms with Crippen LogP contribution in [0.5, 0.6) is 5.75 Å². The minimum atomic E-state index is -4.91. The second-order valence-corrected chi connectivity index (χ2v) is 7.41. The Morgan fingerprint density at radius 1 is 1.30 bits per heavy atom. The van der Waals surface area contributed by atoms with Gasteiger partial charge in [-0.05, 0) is 36.1 Å². The van der Waals surface area contributed by atoms with Gasteiger partial charge in [0.25, 0.3) is 5.69 Å². The molecule has 1 heterocycles. The third-order valence-electron chi connectivity index (χ3n) is 3.49. The van der Waals surface area contributed by atoms with Crippen molar-refractivity contribution in [3.8, 4) is 5.75 Å². The van der Waals surface area contributed by atoms with Gasteiger partial charge in [-0.1, -0.05) is 17.8 Å². The van der Waals surface area contributed by atoms with Crippen LogP contribution in [0.15, 0.2) is 40.7 Å². The Balaban J connectivity index is 1.79. The first kappa shape index (κ1) is 19.2. The van der Waals surface area contributed by atoms with E-state index >= 15 is 0 Å². The third-order valence-corrected chi connectivity index (χ3v) is 5.49. The maximum absolute atomic E-state index is 12.3. The van der Waals surface area contributed by atoms with E-state index in [9.17, 15) is 23.3 Å². The van der Waals surface area contributed by atoms with Crippen LogP contribution in [0.2, 0.25) is 0 Å². The molecule has 0 atom stereocenters. The summed E-state index contributed by atoms with van der Waals surface area (Å²) in [5, 5.41) is 14.1. The molecular formula is C16H12F3N3O3S2. The Morgan fingerprint density at radius 2 is 2.07 bits per heavy atom. The number of nitrogens with one attached hydrogen (secondary N) is 1. The van der Waals surface area contributed by atoms with E-state index in [-0.39, 0.29) is 12.2 Å². The van der Waals surface area contributed by atoms with Crippen molar-refractivity contribution in [1.29, 1.82) is 0 Å². The summed E-state index contributed by atoms with van der Waals surface area (Å²) >= 11 is 3.09. The summed E-state index contributed by atoms with van der Waals surface area (Å²) in [6, 6.07) is 8.58. The quantitative estimate of drug-likeness (QED) is 0.328. The third kappa shape index (κ3) is 4.80. The van der Waals surface area contributed by atoms with Crippen molar-refractivity contribution < 1.29 is 22.8 Å². The van der Waals surface area contributed by atoms with Gasteiger partial charge in [-0.3, -0.25) is 10.1 Å². The van der Waals surface area contributed by atoms with Crippen LogP contribution in [0.25, 0.3) is 10.2 Å². The lowest BCUT2D eigenvalue weighted by atomic mass is 10.2. The number of nitrogens with zero attached hydrogens (tertiary/aromatic N) is 2. The van der Waals surface area contributed by atoms with Gasteiger partial charge in [-0.25, -0.2) is 4.98 Å². The predicted molar refractivity (Wildman–Crippen MR) is 98.5 cm³/mol. The van der Waals surface area contributed by atoms with Gasteiger partial charge in [0.15, 0.2) is 4.34 Å². The average Bonchev–Trinajstić information content (AvgIpc) is 3.01. The van der Waals surface area contributed by atoms with E-state index < -0.39 is 22.7 Å². The summed E-state index contributed by atoms with van der Waals surface area (Å²) in [5.74, 6) is -0.643. The molecule has 0 unspecified atom stereocenters. The second kappa shape index (κ2) is 7.61. The van der Waals surface area contributed by atoms with E-state index in [4.69, 9.17) is 0 Å². The number of rotatable bonds is 6. The van der Waals surface area contributed by atoms with Crippen LogP contribution in [-0.4, -0.2) is 22.5 Å². The van der Waals surface area contributed by atoms with Crippen molar-refractivity contribution >= 4 is 44.7 Å². The van der Waals surface area contributed by atoms with Crippen molar-refractivity contribution in [1.82, 2.24) is 4.98 Å². The summed E-state index contributed by atoms with van der Waals surface area (Å²) < 4.78 is 42.5. The predicted octanol–water partition coefficient (Wildman–Crippen LogP) is 5.44. The Kier molecular flexibility index (Phi) is 5.42. The zero-order valence-corrected chi connectivity index (χ0v) is 15.4. The molecule has 27 heavy (non-hydrogen) atoms. The van der Waals surface area contributed by atoms with Gasteiger partial charge < -0.3 is 10.1 Å². The number of thioether (sulfide) groups is 1. The number of nitro groups is 1. The normalized spacial score (nSPS) is 11.6. The number of anilines is 1.